The first kappa shape index (κ1) is 13.2. The number of nitrogens with two attached hydrogens (primary N) is 1. The average molecular weight is 286 g/mol. The molecule has 0 saturated heterocycles. The molecule has 1 atom stereocenters. The van der Waals surface area contributed by atoms with E-state index in [4.69, 9.17) is 10.5 Å². The van der Waals surface area contributed by atoms with Crippen LogP contribution in [0, 0.1) is 0 Å². The van der Waals surface area contributed by atoms with Crippen molar-refractivity contribution in [2.75, 3.05) is 6.61 Å². The van der Waals surface area contributed by atoms with E-state index in [-0.39, 0.29) is 5.97 Å². The fourth-order valence-electron chi connectivity index (χ4n) is 1.44. The van der Waals surface area contributed by atoms with E-state index in [9.17, 15) is 4.79 Å². The third kappa shape index (κ3) is 3.61. The third-order valence-electron chi connectivity index (χ3n) is 2.20. The van der Waals surface area contributed by atoms with E-state index in [1.54, 1.807) is 13.8 Å². The van der Waals surface area contributed by atoms with Gasteiger partial charge in [-0.15, -0.1) is 0 Å². The number of esters is 1. The van der Waals surface area contributed by atoms with Gasteiger partial charge >= 0.3 is 5.97 Å². The van der Waals surface area contributed by atoms with E-state index >= 15 is 0 Å². The normalized spacial score (nSPS) is 14.2. The van der Waals surface area contributed by atoms with Crippen LogP contribution in [0.3, 0.4) is 0 Å². The Morgan fingerprint density at radius 2 is 2.25 bits per heavy atom. The molecule has 0 aliphatic rings. The Balaban J connectivity index is 2.75. The Morgan fingerprint density at radius 1 is 1.56 bits per heavy atom. The Morgan fingerprint density at radius 3 is 2.81 bits per heavy atom. The molecule has 0 saturated carbocycles. The van der Waals surface area contributed by atoms with Crippen LogP contribution in [0.25, 0.3) is 0 Å². The zero-order chi connectivity index (χ0) is 12.2. The van der Waals surface area contributed by atoms with Gasteiger partial charge in [-0.3, -0.25) is 4.79 Å². The summed E-state index contributed by atoms with van der Waals surface area (Å²) in [6, 6.07) is 7.74. The standard InChI is InChI=1S/C12H16BrNO2/c1-3-16-11(15)12(2,14)8-9-5-4-6-10(13)7-9/h4-7H,3,8,14H2,1-2H3. The maximum atomic E-state index is 11.6. The zero-order valence-electron chi connectivity index (χ0n) is 9.50. The SMILES string of the molecule is CCOC(=O)C(C)(N)Cc1cccc(Br)c1. The van der Waals surface area contributed by atoms with Crippen molar-refractivity contribution in [3.63, 3.8) is 0 Å². The number of ether oxygens (including phenoxy) is 1. The molecule has 3 nitrogen and oxygen atoms in total. The van der Waals surface area contributed by atoms with Crippen LogP contribution in [-0.4, -0.2) is 18.1 Å². The van der Waals surface area contributed by atoms with Gasteiger partial charge in [0.25, 0.3) is 0 Å². The van der Waals surface area contributed by atoms with Crippen molar-refractivity contribution < 1.29 is 9.53 Å². The van der Waals surface area contributed by atoms with E-state index < -0.39 is 5.54 Å². The van der Waals surface area contributed by atoms with Crippen molar-refractivity contribution in [1.82, 2.24) is 0 Å². The van der Waals surface area contributed by atoms with E-state index in [2.05, 4.69) is 15.9 Å². The third-order valence-corrected chi connectivity index (χ3v) is 2.70. The van der Waals surface area contributed by atoms with E-state index in [0.717, 1.165) is 10.0 Å². The van der Waals surface area contributed by atoms with Gasteiger partial charge in [0.2, 0.25) is 0 Å². The molecule has 88 valence electrons. The highest BCUT2D eigenvalue weighted by Crippen LogP contribution is 2.17. The first-order chi connectivity index (χ1) is 7.45. The zero-order valence-corrected chi connectivity index (χ0v) is 11.1. The van der Waals surface area contributed by atoms with Crippen LogP contribution in [0.5, 0.6) is 0 Å². The Bertz CT molecular complexity index is 377. The molecule has 0 aliphatic heterocycles. The molecule has 1 rings (SSSR count). The molecular formula is C12H16BrNO2. The fourth-order valence-corrected chi connectivity index (χ4v) is 1.89. The largest absolute Gasteiger partial charge is 0.465 e. The minimum Gasteiger partial charge on any atom is -0.465 e. The fraction of sp³-hybridized carbons (Fsp3) is 0.417. The van der Waals surface area contributed by atoms with E-state index in [0.29, 0.717) is 13.0 Å². The molecule has 1 aromatic carbocycles. The molecule has 0 aromatic heterocycles. The Kier molecular flexibility index (Phi) is 4.50. The van der Waals surface area contributed by atoms with E-state index in [1.807, 2.05) is 24.3 Å². The van der Waals surface area contributed by atoms with Crippen LogP contribution in [0.4, 0.5) is 0 Å². The number of rotatable bonds is 4. The predicted octanol–water partition coefficient (Wildman–Crippen LogP) is 2.27. The maximum absolute atomic E-state index is 11.6. The van der Waals surface area contributed by atoms with Crippen molar-refractivity contribution in [3.8, 4) is 0 Å². The lowest BCUT2D eigenvalue weighted by molar-refractivity contribution is -0.148. The number of benzene rings is 1. The molecule has 4 heteroatoms. The summed E-state index contributed by atoms with van der Waals surface area (Å²) in [7, 11) is 0. The predicted molar refractivity (Wildman–Crippen MR) is 67.1 cm³/mol. The second-order valence-corrected chi connectivity index (χ2v) is 4.86. The van der Waals surface area contributed by atoms with Gasteiger partial charge in [0.15, 0.2) is 0 Å². The summed E-state index contributed by atoms with van der Waals surface area (Å²) in [5.74, 6) is -0.366. The molecule has 0 bridgehead atoms. The molecule has 0 amide bonds. The minimum atomic E-state index is -0.975. The maximum Gasteiger partial charge on any atom is 0.326 e. The summed E-state index contributed by atoms with van der Waals surface area (Å²) >= 11 is 3.38. The number of hydrogen-bond donors (Lipinski definition) is 1. The molecule has 1 unspecified atom stereocenters. The number of halogens is 1. The average Bonchev–Trinajstić information content (AvgIpc) is 2.17. The topological polar surface area (TPSA) is 52.3 Å². The Hall–Kier alpha value is -0.870. The van der Waals surface area contributed by atoms with Gasteiger partial charge in [-0.1, -0.05) is 28.1 Å². The highest BCUT2D eigenvalue weighted by Gasteiger charge is 2.30. The van der Waals surface area contributed by atoms with Gasteiger partial charge in [-0.05, 0) is 31.5 Å². The minimum absolute atomic E-state index is 0.351. The lowest BCUT2D eigenvalue weighted by Crippen LogP contribution is -2.48. The van der Waals surface area contributed by atoms with Crippen LogP contribution in [0.15, 0.2) is 28.7 Å². The lowest BCUT2D eigenvalue weighted by atomic mass is 9.94. The van der Waals surface area contributed by atoms with Crippen LogP contribution in [-0.2, 0) is 16.0 Å². The second kappa shape index (κ2) is 5.46. The van der Waals surface area contributed by atoms with Crippen molar-refractivity contribution >= 4 is 21.9 Å². The van der Waals surface area contributed by atoms with Crippen molar-refractivity contribution in [2.45, 2.75) is 25.8 Å². The summed E-state index contributed by atoms with van der Waals surface area (Å²) in [6.07, 6.45) is 0.464. The molecule has 16 heavy (non-hydrogen) atoms. The summed E-state index contributed by atoms with van der Waals surface area (Å²) in [5, 5.41) is 0. The number of carbonyl (C=O) groups excluding carboxylic acids is 1. The van der Waals surface area contributed by atoms with Crippen LogP contribution in [0.2, 0.25) is 0 Å². The number of carbonyl (C=O) groups is 1. The molecule has 0 fully saturated rings. The summed E-state index contributed by atoms with van der Waals surface area (Å²) in [6.45, 7) is 3.81. The quantitative estimate of drug-likeness (QED) is 0.864. The van der Waals surface area contributed by atoms with Crippen molar-refractivity contribution in [1.29, 1.82) is 0 Å². The van der Waals surface area contributed by atoms with Gasteiger partial charge in [0.1, 0.15) is 5.54 Å². The molecule has 0 spiro atoms. The molecule has 0 radical (unpaired) electrons. The first-order valence-corrected chi connectivity index (χ1v) is 5.95. The van der Waals surface area contributed by atoms with Gasteiger partial charge in [0, 0.05) is 10.9 Å². The molecule has 0 aliphatic carbocycles. The van der Waals surface area contributed by atoms with Crippen LogP contribution in [0.1, 0.15) is 19.4 Å². The smallest absolute Gasteiger partial charge is 0.326 e. The monoisotopic (exact) mass is 285 g/mol. The highest BCUT2D eigenvalue weighted by atomic mass is 79.9. The summed E-state index contributed by atoms with van der Waals surface area (Å²) in [5.41, 5.74) is 5.97. The number of hydrogen-bond acceptors (Lipinski definition) is 3. The van der Waals surface area contributed by atoms with Crippen molar-refractivity contribution in [3.05, 3.63) is 34.3 Å². The molecule has 2 N–H and O–H groups in total. The Labute approximate surface area is 104 Å². The van der Waals surface area contributed by atoms with Crippen LogP contribution >= 0.6 is 15.9 Å². The van der Waals surface area contributed by atoms with Crippen LogP contribution < -0.4 is 5.73 Å². The van der Waals surface area contributed by atoms with Gasteiger partial charge in [-0.25, -0.2) is 0 Å². The van der Waals surface area contributed by atoms with E-state index in [1.165, 1.54) is 0 Å². The first-order valence-electron chi connectivity index (χ1n) is 5.16. The van der Waals surface area contributed by atoms with Gasteiger partial charge < -0.3 is 10.5 Å². The van der Waals surface area contributed by atoms with Gasteiger partial charge in [0.05, 0.1) is 6.61 Å². The molecule has 1 aromatic rings. The summed E-state index contributed by atoms with van der Waals surface area (Å²) < 4.78 is 5.91. The van der Waals surface area contributed by atoms with Crippen molar-refractivity contribution in [2.24, 2.45) is 5.73 Å². The van der Waals surface area contributed by atoms with Gasteiger partial charge in [-0.2, -0.15) is 0 Å². The molecule has 0 heterocycles. The lowest BCUT2D eigenvalue weighted by Gasteiger charge is -2.22. The second-order valence-electron chi connectivity index (χ2n) is 3.94. The molecular weight excluding hydrogens is 270 g/mol. The highest BCUT2D eigenvalue weighted by molar-refractivity contribution is 9.10. The summed E-state index contributed by atoms with van der Waals surface area (Å²) in [4.78, 5) is 11.6.